The van der Waals surface area contributed by atoms with Gasteiger partial charge < -0.3 is 0 Å². The van der Waals surface area contributed by atoms with Crippen LogP contribution in [0.1, 0.15) is 5.56 Å². The van der Waals surface area contributed by atoms with E-state index in [0.29, 0.717) is 10.0 Å². The van der Waals surface area contributed by atoms with Crippen LogP contribution in [0.2, 0.25) is 0 Å². The van der Waals surface area contributed by atoms with Gasteiger partial charge in [-0.1, -0.05) is 15.9 Å². The Labute approximate surface area is 106 Å². The molecule has 1 heterocycles. The molecule has 6 heteroatoms. The second-order valence-corrected chi connectivity index (χ2v) is 4.63. The molecule has 2 rings (SSSR count). The van der Waals surface area contributed by atoms with Gasteiger partial charge in [0.1, 0.15) is 5.82 Å². The van der Waals surface area contributed by atoms with E-state index in [1.165, 1.54) is 6.07 Å². The number of carbonyl (C=O) groups excluding carboxylic acids is 2. The maximum Gasteiger partial charge on any atom is 0.243 e. The Morgan fingerprint density at radius 2 is 1.94 bits per heavy atom. The normalized spacial score (nSPS) is 16.5. The lowest BCUT2D eigenvalue weighted by molar-refractivity contribution is -0.147. The third-order valence-corrected chi connectivity index (χ3v) is 2.98. The van der Waals surface area contributed by atoms with E-state index in [1.54, 1.807) is 12.1 Å². The summed E-state index contributed by atoms with van der Waals surface area (Å²) in [5.41, 5.74) is 0.322. The molecule has 0 spiro atoms. The third kappa shape index (κ3) is 2.70. The smallest absolute Gasteiger partial charge is 0.243 e. The van der Waals surface area contributed by atoms with Crippen LogP contribution < -0.4 is 5.32 Å². The van der Waals surface area contributed by atoms with E-state index >= 15 is 0 Å². The van der Waals surface area contributed by atoms with E-state index in [-0.39, 0.29) is 31.4 Å². The average Bonchev–Trinajstić information content (AvgIpc) is 2.28. The predicted molar refractivity (Wildman–Crippen MR) is 62.5 cm³/mol. The highest BCUT2D eigenvalue weighted by atomic mass is 79.9. The lowest BCUT2D eigenvalue weighted by atomic mass is 10.2. The minimum atomic E-state index is -0.424. The van der Waals surface area contributed by atoms with Crippen molar-refractivity contribution in [3.05, 3.63) is 34.1 Å². The fourth-order valence-electron chi connectivity index (χ4n) is 1.62. The van der Waals surface area contributed by atoms with Gasteiger partial charge in [-0.3, -0.25) is 19.8 Å². The van der Waals surface area contributed by atoms with Crippen LogP contribution in [0.25, 0.3) is 0 Å². The van der Waals surface area contributed by atoms with Crippen LogP contribution in [-0.2, 0) is 16.1 Å². The molecular formula is C11H10BrFN2O2. The first-order valence-electron chi connectivity index (χ1n) is 5.06. The molecule has 1 aliphatic heterocycles. The molecule has 4 nitrogen and oxygen atoms in total. The van der Waals surface area contributed by atoms with Gasteiger partial charge in [-0.2, -0.15) is 0 Å². The van der Waals surface area contributed by atoms with Crippen molar-refractivity contribution in [3.63, 3.8) is 0 Å². The summed E-state index contributed by atoms with van der Waals surface area (Å²) in [4.78, 5) is 24.1. The molecule has 1 N–H and O–H groups in total. The maximum absolute atomic E-state index is 13.5. The molecule has 2 amide bonds. The molecule has 1 aromatic carbocycles. The van der Waals surface area contributed by atoms with Gasteiger partial charge in [-0.25, -0.2) is 4.39 Å². The lowest BCUT2D eigenvalue weighted by Gasteiger charge is -2.25. The SMILES string of the molecule is O=C1CNCC(=O)N1Cc1cc(Br)ccc1F. The number of hydrogen-bond donors (Lipinski definition) is 1. The fourth-order valence-corrected chi connectivity index (χ4v) is 2.03. The number of benzene rings is 1. The first kappa shape index (κ1) is 12.2. The van der Waals surface area contributed by atoms with Crippen molar-refractivity contribution in [3.8, 4) is 0 Å². The van der Waals surface area contributed by atoms with Crippen molar-refractivity contribution < 1.29 is 14.0 Å². The van der Waals surface area contributed by atoms with Crippen molar-refractivity contribution in [2.24, 2.45) is 0 Å². The molecule has 1 saturated heterocycles. The third-order valence-electron chi connectivity index (χ3n) is 2.49. The zero-order valence-corrected chi connectivity index (χ0v) is 10.5. The quantitative estimate of drug-likeness (QED) is 0.831. The largest absolute Gasteiger partial charge is 0.300 e. The molecule has 17 heavy (non-hydrogen) atoms. The van der Waals surface area contributed by atoms with Gasteiger partial charge in [0.2, 0.25) is 11.8 Å². The molecule has 0 aromatic heterocycles. The van der Waals surface area contributed by atoms with Crippen molar-refractivity contribution in [2.75, 3.05) is 13.1 Å². The van der Waals surface area contributed by atoms with Crippen molar-refractivity contribution in [2.45, 2.75) is 6.54 Å². The predicted octanol–water partition coefficient (Wildman–Crippen LogP) is 1.05. The lowest BCUT2D eigenvalue weighted by Crippen LogP contribution is -2.51. The molecule has 1 fully saturated rings. The number of nitrogens with one attached hydrogen (secondary N) is 1. The van der Waals surface area contributed by atoms with E-state index in [9.17, 15) is 14.0 Å². The van der Waals surface area contributed by atoms with Crippen LogP contribution in [0.5, 0.6) is 0 Å². The summed E-state index contributed by atoms with van der Waals surface area (Å²) < 4.78 is 14.2. The first-order chi connectivity index (χ1) is 8.08. The molecule has 0 unspecified atom stereocenters. The minimum Gasteiger partial charge on any atom is -0.300 e. The van der Waals surface area contributed by atoms with Gasteiger partial charge in [0, 0.05) is 10.0 Å². The number of amides is 2. The molecule has 1 aliphatic rings. The average molecular weight is 301 g/mol. The van der Waals surface area contributed by atoms with Crippen molar-refractivity contribution >= 4 is 27.7 Å². The van der Waals surface area contributed by atoms with Gasteiger partial charge in [0.05, 0.1) is 19.6 Å². The minimum absolute atomic E-state index is 0.0232. The van der Waals surface area contributed by atoms with Crippen molar-refractivity contribution in [1.82, 2.24) is 10.2 Å². The number of nitrogens with zero attached hydrogens (tertiary/aromatic N) is 1. The summed E-state index contributed by atoms with van der Waals surface area (Å²) >= 11 is 3.22. The van der Waals surface area contributed by atoms with Gasteiger partial charge in [-0.05, 0) is 18.2 Å². The number of carbonyl (C=O) groups is 2. The summed E-state index contributed by atoms with van der Waals surface area (Å²) in [6.07, 6.45) is 0. The van der Waals surface area contributed by atoms with Crippen LogP contribution >= 0.6 is 15.9 Å². The summed E-state index contributed by atoms with van der Waals surface area (Å²) in [6, 6.07) is 4.44. The number of rotatable bonds is 2. The van der Waals surface area contributed by atoms with Gasteiger partial charge in [-0.15, -0.1) is 0 Å². The number of halogens is 2. The van der Waals surface area contributed by atoms with E-state index in [2.05, 4.69) is 21.2 Å². The van der Waals surface area contributed by atoms with Crippen LogP contribution in [0.15, 0.2) is 22.7 Å². The standard InChI is InChI=1S/C11H10BrFN2O2/c12-8-1-2-9(13)7(3-8)6-15-10(16)4-14-5-11(15)17/h1-3,14H,4-6H2. The Balaban J connectivity index is 2.21. The van der Waals surface area contributed by atoms with E-state index in [4.69, 9.17) is 0 Å². The number of imide groups is 1. The second-order valence-electron chi connectivity index (χ2n) is 3.71. The molecule has 90 valence electrons. The summed E-state index contributed by atoms with van der Waals surface area (Å²) in [7, 11) is 0. The Morgan fingerprint density at radius 1 is 1.29 bits per heavy atom. The molecule has 0 radical (unpaired) electrons. The zero-order valence-electron chi connectivity index (χ0n) is 8.87. The van der Waals surface area contributed by atoms with Gasteiger partial charge >= 0.3 is 0 Å². The molecule has 0 aliphatic carbocycles. The monoisotopic (exact) mass is 300 g/mol. The topological polar surface area (TPSA) is 49.4 Å². The van der Waals surface area contributed by atoms with E-state index < -0.39 is 5.82 Å². The Bertz CT molecular complexity index is 463. The molecule has 1 aromatic rings. The van der Waals surface area contributed by atoms with Crippen LogP contribution in [-0.4, -0.2) is 29.8 Å². The Kier molecular flexibility index (Phi) is 3.54. The van der Waals surface area contributed by atoms with Crippen LogP contribution in [0, 0.1) is 5.82 Å². The van der Waals surface area contributed by atoms with Gasteiger partial charge in [0.25, 0.3) is 0 Å². The van der Waals surface area contributed by atoms with Gasteiger partial charge in [0.15, 0.2) is 0 Å². The van der Waals surface area contributed by atoms with E-state index in [0.717, 1.165) is 4.90 Å². The van der Waals surface area contributed by atoms with Crippen molar-refractivity contribution in [1.29, 1.82) is 0 Å². The fraction of sp³-hybridized carbons (Fsp3) is 0.273. The van der Waals surface area contributed by atoms with Crippen LogP contribution in [0.4, 0.5) is 4.39 Å². The highest BCUT2D eigenvalue weighted by Crippen LogP contribution is 2.17. The molecule has 0 saturated carbocycles. The zero-order chi connectivity index (χ0) is 12.4. The molecular weight excluding hydrogens is 291 g/mol. The van der Waals surface area contributed by atoms with E-state index in [1.807, 2.05) is 0 Å². The van der Waals surface area contributed by atoms with Crippen LogP contribution in [0.3, 0.4) is 0 Å². The first-order valence-corrected chi connectivity index (χ1v) is 5.85. The molecule has 0 atom stereocenters. The number of hydrogen-bond acceptors (Lipinski definition) is 3. The maximum atomic E-state index is 13.5. The summed E-state index contributed by atoms with van der Waals surface area (Å²) in [5.74, 6) is -1.09. The summed E-state index contributed by atoms with van der Waals surface area (Å²) in [5, 5.41) is 2.68. The molecule has 0 bridgehead atoms. The highest BCUT2D eigenvalue weighted by molar-refractivity contribution is 9.10. The Morgan fingerprint density at radius 3 is 2.59 bits per heavy atom. The number of piperazine rings is 1. The second kappa shape index (κ2) is 4.93. The Hall–Kier alpha value is -1.27. The summed E-state index contributed by atoms with van der Waals surface area (Å²) in [6.45, 7) is 0.202. The highest BCUT2D eigenvalue weighted by Gasteiger charge is 2.26.